The number of carbonyl (C=O) groups excluding carboxylic acids is 1. The van der Waals surface area contributed by atoms with Gasteiger partial charge >= 0.3 is 0 Å². The van der Waals surface area contributed by atoms with Crippen molar-refractivity contribution in [3.8, 4) is 5.75 Å². The largest absolute Gasteiger partial charge is 0.490 e. The van der Waals surface area contributed by atoms with Crippen LogP contribution in [-0.2, 0) is 4.79 Å². The van der Waals surface area contributed by atoms with Gasteiger partial charge in [0, 0.05) is 11.8 Å². The lowest BCUT2D eigenvalue weighted by Crippen LogP contribution is -2.36. The van der Waals surface area contributed by atoms with E-state index in [1.54, 1.807) is 0 Å². The van der Waals surface area contributed by atoms with Gasteiger partial charge in [-0.1, -0.05) is 19.9 Å². The van der Waals surface area contributed by atoms with Gasteiger partial charge in [-0.2, -0.15) is 0 Å². The fourth-order valence-corrected chi connectivity index (χ4v) is 2.70. The van der Waals surface area contributed by atoms with Gasteiger partial charge in [0.1, 0.15) is 5.75 Å². The SMILES string of the molecule is CC(C)C[C@H](N)C(=O)Nc1cccc(OC2CCCC2)c1.Cl. The molecule has 1 aromatic carbocycles. The maximum Gasteiger partial charge on any atom is 0.241 e. The first-order valence-electron chi connectivity index (χ1n) is 7.88. The van der Waals surface area contributed by atoms with E-state index in [-0.39, 0.29) is 18.3 Å². The fourth-order valence-electron chi connectivity index (χ4n) is 2.70. The molecule has 2 rings (SSSR count). The number of carbonyl (C=O) groups is 1. The molecule has 1 amide bonds. The molecule has 3 N–H and O–H groups in total. The molecule has 1 atom stereocenters. The highest BCUT2D eigenvalue weighted by Gasteiger charge is 2.17. The minimum absolute atomic E-state index is 0. The molecule has 22 heavy (non-hydrogen) atoms. The summed E-state index contributed by atoms with van der Waals surface area (Å²) in [7, 11) is 0. The van der Waals surface area contributed by atoms with E-state index in [2.05, 4.69) is 19.2 Å². The van der Waals surface area contributed by atoms with Crippen LogP contribution in [0.3, 0.4) is 0 Å². The first kappa shape index (κ1) is 18.8. The number of nitrogens with two attached hydrogens (primary N) is 1. The highest BCUT2D eigenvalue weighted by atomic mass is 35.5. The van der Waals surface area contributed by atoms with Crippen molar-refractivity contribution in [1.29, 1.82) is 0 Å². The van der Waals surface area contributed by atoms with Crippen molar-refractivity contribution in [2.45, 2.75) is 58.1 Å². The molecular formula is C17H27ClN2O2. The van der Waals surface area contributed by atoms with Crippen LogP contribution in [0, 0.1) is 5.92 Å². The molecule has 0 aliphatic heterocycles. The minimum Gasteiger partial charge on any atom is -0.490 e. The summed E-state index contributed by atoms with van der Waals surface area (Å²) >= 11 is 0. The molecule has 1 aliphatic rings. The lowest BCUT2D eigenvalue weighted by atomic mass is 10.0. The molecule has 0 radical (unpaired) electrons. The fraction of sp³-hybridized carbons (Fsp3) is 0.588. The summed E-state index contributed by atoms with van der Waals surface area (Å²) < 4.78 is 5.94. The van der Waals surface area contributed by atoms with Gasteiger partial charge in [0.05, 0.1) is 12.1 Å². The van der Waals surface area contributed by atoms with Crippen molar-refractivity contribution in [2.24, 2.45) is 11.7 Å². The van der Waals surface area contributed by atoms with Crippen LogP contribution >= 0.6 is 12.4 Å². The summed E-state index contributed by atoms with van der Waals surface area (Å²) in [4.78, 5) is 12.0. The highest BCUT2D eigenvalue weighted by Crippen LogP contribution is 2.25. The second kappa shape index (κ2) is 9.01. The van der Waals surface area contributed by atoms with E-state index in [0.29, 0.717) is 18.4 Å². The maximum absolute atomic E-state index is 12.0. The average molecular weight is 327 g/mol. The van der Waals surface area contributed by atoms with Crippen LogP contribution in [0.5, 0.6) is 5.75 Å². The number of hydrogen-bond donors (Lipinski definition) is 2. The van der Waals surface area contributed by atoms with Crippen molar-refractivity contribution < 1.29 is 9.53 Å². The Labute approximate surface area is 139 Å². The summed E-state index contributed by atoms with van der Waals surface area (Å²) in [6.45, 7) is 4.12. The predicted molar refractivity (Wildman–Crippen MR) is 92.6 cm³/mol. The summed E-state index contributed by atoms with van der Waals surface area (Å²) in [5.74, 6) is 1.08. The van der Waals surface area contributed by atoms with Gasteiger partial charge in [0.15, 0.2) is 0 Å². The summed E-state index contributed by atoms with van der Waals surface area (Å²) in [5, 5.41) is 2.87. The Bertz CT molecular complexity index is 473. The zero-order chi connectivity index (χ0) is 15.2. The van der Waals surface area contributed by atoms with Gasteiger partial charge in [-0.15, -0.1) is 12.4 Å². The molecule has 124 valence electrons. The summed E-state index contributed by atoms with van der Waals surface area (Å²) in [6, 6.07) is 7.10. The zero-order valence-electron chi connectivity index (χ0n) is 13.4. The van der Waals surface area contributed by atoms with E-state index in [1.165, 1.54) is 12.8 Å². The van der Waals surface area contributed by atoms with Gasteiger partial charge in [-0.3, -0.25) is 4.79 Å². The number of halogens is 1. The van der Waals surface area contributed by atoms with Gasteiger partial charge < -0.3 is 15.8 Å². The Morgan fingerprint density at radius 2 is 2.05 bits per heavy atom. The van der Waals surface area contributed by atoms with Crippen LogP contribution in [0.1, 0.15) is 46.0 Å². The van der Waals surface area contributed by atoms with E-state index in [9.17, 15) is 4.79 Å². The van der Waals surface area contributed by atoms with Crippen LogP contribution in [0.4, 0.5) is 5.69 Å². The van der Waals surface area contributed by atoms with Crippen molar-refractivity contribution in [3.63, 3.8) is 0 Å². The molecule has 0 spiro atoms. The van der Waals surface area contributed by atoms with Crippen LogP contribution in [0.15, 0.2) is 24.3 Å². The van der Waals surface area contributed by atoms with Crippen LogP contribution in [0.25, 0.3) is 0 Å². The average Bonchev–Trinajstić information content (AvgIpc) is 2.91. The summed E-state index contributed by atoms with van der Waals surface area (Å²) in [5.41, 5.74) is 6.64. The first-order valence-corrected chi connectivity index (χ1v) is 7.88. The van der Waals surface area contributed by atoms with Crippen LogP contribution in [0.2, 0.25) is 0 Å². The topological polar surface area (TPSA) is 64.4 Å². The molecule has 5 heteroatoms. The van der Waals surface area contributed by atoms with E-state index < -0.39 is 6.04 Å². The molecule has 0 saturated heterocycles. The second-order valence-corrected chi connectivity index (χ2v) is 6.28. The Kier molecular flexibility index (Phi) is 7.69. The first-order chi connectivity index (χ1) is 10.0. The second-order valence-electron chi connectivity index (χ2n) is 6.28. The lowest BCUT2D eigenvalue weighted by molar-refractivity contribution is -0.117. The van der Waals surface area contributed by atoms with Gasteiger partial charge in [0.25, 0.3) is 0 Å². The molecule has 0 bridgehead atoms. The predicted octanol–water partition coefficient (Wildman–Crippen LogP) is 3.74. The Morgan fingerprint density at radius 3 is 2.68 bits per heavy atom. The van der Waals surface area contributed by atoms with E-state index in [4.69, 9.17) is 10.5 Å². The Balaban J connectivity index is 0.00000242. The monoisotopic (exact) mass is 326 g/mol. The van der Waals surface area contributed by atoms with Crippen molar-refractivity contribution in [2.75, 3.05) is 5.32 Å². The number of anilines is 1. The third-order valence-electron chi connectivity index (χ3n) is 3.77. The Hall–Kier alpha value is -1.26. The number of ether oxygens (including phenoxy) is 1. The molecular weight excluding hydrogens is 300 g/mol. The third-order valence-corrected chi connectivity index (χ3v) is 3.77. The van der Waals surface area contributed by atoms with Gasteiger partial charge in [0.2, 0.25) is 5.91 Å². The maximum atomic E-state index is 12.0. The number of rotatable bonds is 6. The van der Waals surface area contributed by atoms with Crippen molar-refractivity contribution in [3.05, 3.63) is 24.3 Å². The molecule has 0 heterocycles. The molecule has 1 fully saturated rings. The van der Waals surface area contributed by atoms with E-state index in [1.807, 2.05) is 24.3 Å². The quantitative estimate of drug-likeness (QED) is 0.837. The number of amides is 1. The van der Waals surface area contributed by atoms with E-state index in [0.717, 1.165) is 24.3 Å². The number of hydrogen-bond acceptors (Lipinski definition) is 3. The lowest BCUT2D eigenvalue weighted by Gasteiger charge is -2.16. The molecule has 1 aliphatic carbocycles. The molecule has 0 unspecified atom stereocenters. The standard InChI is InChI=1S/C17H26N2O2.ClH/c1-12(2)10-16(18)17(20)19-13-6-5-9-15(11-13)21-14-7-3-4-8-14;/h5-6,9,11-12,14,16H,3-4,7-8,10,18H2,1-2H3,(H,19,20);1H/t16-;/m0./s1. The highest BCUT2D eigenvalue weighted by molar-refractivity contribution is 5.94. The van der Waals surface area contributed by atoms with E-state index >= 15 is 0 Å². The molecule has 0 aromatic heterocycles. The van der Waals surface area contributed by atoms with Gasteiger partial charge in [-0.25, -0.2) is 0 Å². The normalized spacial score (nSPS) is 16.2. The Morgan fingerprint density at radius 1 is 1.36 bits per heavy atom. The number of benzene rings is 1. The van der Waals surface area contributed by atoms with Gasteiger partial charge in [-0.05, 0) is 50.2 Å². The number of nitrogens with one attached hydrogen (secondary N) is 1. The minimum atomic E-state index is -0.468. The molecule has 4 nitrogen and oxygen atoms in total. The van der Waals surface area contributed by atoms with Crippen LogP contribution < -0.4 is 15.8 Å². The third kappa shape index (κ3) is 5.85. The smallest absolute Gasteiger partial charge is 0.241 e. The molecule has 1 aromatic rings. The summed E-state index contributed by atoms with van der Waals surface area (Å²) in [6.07, 6.45) is 5.73. The van der Waals surface area contributed by atoms with Crippen molar-refractivity contribution >= 4 is 24.0 Å². The zero-order valence-corrected chi connectivity index (χ0v) is 14.2. The van der Waals surface area contributed by atoms with Crippen LogP contribution in [-0.4, -0.2) is 18.1 Å². The van der Waals surface area contributed by atoms with Crippen molar-refractivity contribution in [1.82, 2.24) is 0 Å². The molecule has 1 saturated carbocycles.